The number of methoxy groups -OCH3 is 2. The Labute approximate surface area is 145 Å². The molecule has 0 amide bonds. The Kier molecular flexibility index (Phi) is 7.99. The molecule has 0 bridgehead atoms. The van der Waals surface area contributed by atoms with Gasteiger partial charge in [0, 0.05) is 42.8 Å². The van der Waals surface area contributed by atoms with Crippen LogP contribution in [0.4, 0.5) is 0 Å². The van der Waals surface area contributed by atoms with E-state index < -0.39 is 0 Å². The highest BCUT2D eigenvalue weighted by Crippen LogP contribution is 2.15. The third-order valence-corrected chi connectivity index (χ3v) is 4.30. The van der Waals surface area contributed by atoms with E-state index in [4.69, 9.17) is 9.47 Å². The van der Waals surface area contributed by atoms with Crippen molar-refractivity contribution in [2.45, 2.75) is 6.42 Å². The Morgan fingerprint density at radius 2 is 1.88 bits per heavy atom. The van der Waals surface area contributed by atoms with E-state index in [1.807, 2.05) is 48.8 Å². The molecule has 5 heteroatoms. The predicted molar refractivity (Wildman–Crippen MR) is 104 cm³/mol. The smallest absolute Gasteiger partial charge is 0.127 e. The summed E-state index contributed by atoms with van der Waals surface area (Å²) in [6.45, 7) is 1.49. The highest BCUT2D eigenvalue weighted by molar-refractivity contribution is 7.39. The Morgan fingerprint density at radius 3 is 2.67 bits per heavy atom. The van der Waals surface area contributed by atoms with Crippen LogP contribution in [0.3, 0.4) is 0 Å². The minimum atomic E-state index is 0.744. The van der Waals surface area contributed by atoms with Gasteiger partial charge in [0.2, 0.25) is 0 Å². The van der Waals surface area contributed by atoms with Crippen LogP contribution >= 0.6 is 8.20 Å². The molecule has 126 valence electrons. The van der Waals surface area contributed by atoms with Gasteiger partial charge in [-0.3, -0.25) is 9.98 Å². The van der Waals surface area contributed by atoms with Crippen LogP contribution in [0.25, 0.3) is 0 Å². The van der Waals surface area contributed by atoms with Gasteiger partial charge in [0.25, 0.3) is 0 Å². The maximum Gasteiger partial charge on any atom is 0.127 e. The van der Waals surface area contributed by atoms with Crippen molar-refractivity contribution < 1.29 is 9.47 Å². The third kappa shape index (κ3) is 5.78. The van der Waals surface area contributed by atoms with Crippen molar-refractivity contribution in [3.8, 4) is 5.75 Å². The molecule has 1 aromatic rings. The van der Waals surface area contributed by atoms with E-state index in [0.717, 1.165) is 48.3 Å². The molecule has 1 aliphatic rings. The second kappa shape index (κ2) is 10.6. The van der Waals surface area contributed by atoms with Gasteiger partial charge in [-0.1, -0.05) is 26.4 Å². The zero-order valence-electron chi connectivity index (χ0n) is 14.2. The van der Waals surface area contributed by atoms with Crippen LogP contribution < -0.4 is 4.74 Å². The SMILES string of the molecule is COC1=C(/C=N/CCC/N=C/c2ccccc2OC)C=CC=PC1. The van der Waals surface area contributed by atoms with Crippen LogP contribution in [0, 0.1) is 0 Å². The molecule has 0 unspecified atom stereocenters. The van der Waals surface area contributed by atoms with Gasteiger partial charge in [0.05, 0.1) is 14.2 Å². The Morgan fingerprint density at radius 1 is 1.08 bits per heavy atom. The van der Waals surface area contributed by atoms with Crippen LogP contribution in [0.15, 0.2) is 57.7 Å². The van der Waals surface area contributed by atoms with Crippen molar-refractivity contribution in [1.82, 2.24) is 0 Å². The second-order valence-corrected chi connectivity index (χ2v) is 6.08. The first kappa shape index (κ1) is 18.2. The number of nitrogens with zero attached hydrogens (tertiary/aromatic N) is 2. The summed E-state index contributed by atoms with van der Waals surface area (Å²) in [6.07, 6.45) is 9.65. The van der Waals surface area contributed by atoms with Crippen LogP contribution in [0.1, 0.15) is 12.0 Å². The molecule has 0 saturated heterocycles. The van der Waals surface area contributed by atoms with Crippen molar-refractivity contribution in [2.24, 2.45) is 9.98 Å². The van der Waals surface area contributed by atoms with Gasteiger partial charge in [-0.25, -0.2) is 0 Å². The summed E-state index contributed by atoms with van der Waals surface area (Å²) in [4.78, 5) is 8.93. The standard InChI is InChI=1S/C19H23N2O2P/c1-22-18-9-4-3-7-16(18)13-20-10-6-11-21-14-17-8-5-12-24-15-19(17)23-2/h3-5,7-9,12-14H,6,10-11,15H2,1-2H3/b20-13+,21-14+. The quantitative estimate of drug-likeness (QED) is 0.410. The average molecular weight is 342 g/mol. The summed E-state index contributed by atoms with van der Waals surface area (Å²) in [5, 5.41) is 0. The summed E-state index contributed by atoms with van der Waals surface area (Å²) >= 11 is 0. The lowest BCUT2D eigenvalue weighted by Gasteiger charge is -2.04. The first-order valence-corrected chi connectivity index (χ1v) is 9.06. The van der Waals surface area contributed by atoms with Gasteiger partial charge < -0.3 is 9.47 Å². The van der Waals surface area contributed by atoms with Crippen molar-refractivity contribution in [1.29, 1.82) is 0 Å². The number of aliphatic imine (C=N–C) groups is 2. The van der Waals surface area contributed by atoms with Crippen LogP contribution in [0.2, 0.25) is 0 Å². The van der Waals surface area contributed by atoms with Gasteiger partial charge in [-0.2, -0.15) is 0 Å². The maximum absolute atomic E-state index is 5.42. The predicted octanol–water partition coefficient (Wildman–Crippen LogP) is 3.79. The summed E-state index contributed by atoms with van der Waals surface area (Å²) in [5.41, 5.74) is 2.05. The number of para-hydroxylation sites is 1. The maximum atomic E-state index is 5.42. The molecule has 1 aromatic carbocycles. The van der Waals surface area contributed by atoms with E-state index in [0.29, 0.717) is 0 Å². The van der Waals surface area contributed by atoms with Crippen molar-refractivity contribution in [3.05, 3.63) is 53.3 Å². The number of benzene rings is 1. The molecule has 24 heavy (non-hydrogen) atoms. The first-order valence-electron chi connectivity index (χ1n) is 7.91. The van der Waals surface area contributed by atoms with Crippen molar-refractivity contribution in [3.63, 3.8) is 0 Å². The second-order valence-electron chi connectivity index (χ2n) is 5.10. The third-order valence-electron chi connectivity index (χ3n) is 3.44. The summed E-state index contributed by atoms with van der Waals surface area (Å²) in [5.74, 6) is 3.95. The minimum absolute atomic E-state index is 0.744. The zero-order chi connectivity index (χ0) is 17.0. The molecule has 0 saturated carbocycles. The van der Waals surface area contributed by atoms with E-state index in [1.54, 1.807) is 14.2 Å². The van der Waals surface area contributed by atoms with Gasteiger partial charge in [-0.15, -0.1) is 0 Å². The number of allylic oxidation sites excluding steroid dienone is 4. The Hall–Kier alpha value is -2.19. The number of hydrogen-bond donors (Lipinski definition) is 0. The summed E-state index contributed by atoms with van der Waals surface area (Å²) in [6, 6.07) is 7.86. The van der Waals surface area contributed by atoms with Gasteiger partial charge in [0.15, 0.2) is 0 Å². The zero-order valence-corrected chi connectivity index (χ0v) is 15.1. The molecular formula is C19H23N2O2P. The fourth-order valence-electron chi connectivity index (χ4n) is 2.18. The van der Waals surface area contributed by atoms with Gasteiger partial charge >= 0.3 is 0 Å². The van der Waals surface area contributed by atoms with E-state index in [2.05, 4.69) is 15.8 Å². The van der Waals surface area contributed by atoms with E-state index in [1.165, 1.54) is 8.20 Å². The molecule has 1 aliphatic heterocycles. The minimum Gasteiger partial charge on any atom is -0.500 e. The van der Waals surface area contributed by atoms with E-state index in [9.17, 15) is 0 Å². The van der Waals surface area contributed by atoms with Gasteiger partial charge in [0.1, 0.15) is 11.5 Å². The highest BCUT2D eigenvalue weighted by atomic mass is 31.1. The van der Waals surface area contributed by atoms with Crippen LogP contribution in [-0.2, 0) is 4.74 Å². The molecule has 4 nitrogen and oxygen atoms in total. The lowest BCUT2D eigenvalue weighted by molar-refractivity contribution is 0.294. The van der Waals surface area contributed by atoms with Crippen molar-refractivity contribution >= 4 is 26.4 Å². The molecule has 0 aliphatic carbocycles. The van der Waals surface area contributed by atoms with Crippen LogP contribution in [-0.4, -0.2) is 51.7 Å². The Bertz CT molecular complexity index is 676. The van der Waals surface area contributed by atoms with Gasteiger partial charge in [-0.05, 0) is 30.4 Å². The van der Waals surface area contributed by atoms with E-state index in [-0.39, 0.29) is 0 Å². The molecule has 0 radical (unpaired) electrons. The molecule has 2 rings (SSSR count). The normalized spacial score (nSPS) is 15.2. The molecule has 0 aromatic heterocycles. The largest absolute Gasteiger partial charge is 0.500 e. The molecular weight excluding hydrogens is 319 g/mol. The lowest BCUT2D eigenvalue weighted by atomic mass is 10.2. The van der Waals surface area contributed by atoms with Crippen molar-refractivity contribution in [2.75, 3.05) is 33.5 Å². The molecule has 1 heterocycles. The average Bonchev–Trinajstić information content (AvgIpc) is 2.86. The number of rotatable bonds is 8. The monoisotopic (exact) mass is 342 g/mol. The molecule has 0 spiro atoms. The lowest BCUT2D eigenvalue weighted by Crippen LogP contribution is -1.96. The molecule has 0 fully saturated rings. The number of ether oxygens (including phenoxy) is 2. The molecule has 0 atom stereocenters. The molecule has 0 N–H and O–H groups in total. The van der Waals surface area contributed by atoms with E-state index >= 15 is 0 Å². The Balaban J connectivity index is 1.78. The topological polar surface area (TPSA) is 43.2 Å². The summed E-state index contributed by atoms with van der Waals surface area (Å²) in [7, 11) is 4.63. The van der Waals surface area contributed by atoms with Crippen LogP contribution in [0.5, 0.6) is 5.75 Å². The fourth-order valence-corrected chi connectivity index (χ4v) is 2.97. The number of hydrogen-bond acceptors (Lipinski definition) is 4. The fraction of sp³-hybridized carbons (Fsp3) is 0.316. The first-order chi connectivity index (χ1) is 11.8. The summed E-state index contributed by atoms with van der Waals surface area (Å²) < 4.78 is 10.7. The highest BCUT2D eigenvalue weighted by Gasteiger charge is 2.03.